The maximum absolute atomic E-state index is 10.6. The number of aliphatic hydroxyl groups is 1. The van der Waals surface area contributed by atoms with Crippen molar-refractivity contribution in [2.24, 2.45) is 5.92 Å². The average Bonchev–Trinajstić information content (AvgIpc) is 2.40. The lowest BCUT2D eigenvalue weighted by molar-refractivity contribution is -0.110. The van der Waals surface area contributed by atoms with Gasteiger partial charge in [-0.15, -0.1) is 0 Å². The molecule has 3 atom stereocenters. The van der Waals surface area contributed by atoms with Gasteiger partial charge in [-0.3, -0.25) is 4.79 Å². The van der Waals surface area contributed by atoms with E-state index in [0.29, 0.717) is 6.41 Å². The second kappa shape index (κ2) is 7.69. The molecular formula is C16H25N3O2. The smallest absolute Gasteiger partial charge is 0.207 e. The molecule has 1 amide bonds. The van der Waals surface area contributed by atoms with Crippen molar-refractivity contribution in [1.29, 1.82) is 0 Å². The second-order valence-electron chi connectivity index (χ2n) is 5.46. The third kappa shape index (κ3) is 5.11. The maximum Gasteiger partial charge on any atom is 0.207 e. The number of amides is 1. The lowest BCUT2D eigenvalue weighted by Crippen LogP contribution is -2.37. The van der Waals surface area contributed by atoms with E-state index in [-0.39, 0.29) is 12.0 Å². The Balaban J connectivity index is 2.78. The SMILES string of the molecule is C=C(C)C1C=C(NC(O)/C=C(/C)N(C)C)C=CC1NC=O. The van der Waals surface area contributed by atoms with Crippen molar-refractivity contribution in [3.05, 3.63) is 47.9 Å². The molecule has 0 aromatic carbocycles. The molecular weight excluding hydrogens is 266 g/mol. The van der Waals surface area contributed by atoms with Gasteiger partial charge in [-0.1, -0.05) is 24.3 Å². The molecule has 0 radical (unpaired) electrons. The Bertz CT molecular complexity index is 478. The molecule has 5 heteroatoms. The van der Waals surface area contributed by atoms with Gasteiger partial charge in [-0.2, -0.15) is 0 Å². The van der Waals surface area contributed by atoms with Gasteiger partial charge in [-0.05, 0) is 26.0 Å². The number of hydrogen-bond donors (Lipinski definition) is 3. The van der Waals surface area contributed by atoms with Crippen LogP contribution in [0.2, 0.25) is 0 Å². The number of nitrogens with zero attached hydrogens (tertiary/aromatic N) is 1. The summed E-state index contributed by atoms with van der Waals surface area (Å²) >= 11 is 0. The van der Waals surface area contributed by atoms with Crippen molar-refractivity contribution in [2.45, 2.75) is 26.1 Å². The lowest BCUT2D eigenvalue weighted by Gasteiger charge is -2.27. The largest absolute Gasteiger partial charge is 0.381 e. The van der Waals surface area contributed by atoms with E-state index < -0.39 is 6.23 Å². The highest BCUT2D eigenvalue weighted by Crippen LogP contribution is 2.22. The molecule has 0 aromatic rings. The van der Waals surface area contributed by atoms with Crippen molar-refractivity contribution in [3.8, 4) is 0 Å². The zero-order chi connectivity index (χ0) is 16.0. The van der Waals surface area contributed by atoms with Crippen molar-refractivity contribution in [2.75, 3.05) is 14.1 Å². The number of nitrogens with one attached hydrogen (secondary N) is 2. The van der Waals surface area contributed by atoms with Gasteiger partial charge in [-0.25, -0.2) is 0 Å². The maximum atomic E-state index is 10.6. The molecule has 3 N–H and O–H groups in total. The first-order valence-corrected chi connectivity index (χ1v) is 6.90. The summed E-state index contributed by atoms with van der Waals surface area (Å²) in [4.78, 5) is 12.5. The first kappa shape index (κ1) is 17.0. The fourth-order valence-electron chi connectivity index (χ4n) is 2.05. The van der Waals surface area contributed by atoms with Crippen LogP contribution < -0.4 is 10.6 Å². The summed E-state index contributed by atoms with van der Waals surface area (Å²) in [5.74, 6) is 0.00817. The molecule has 0 saturated heterocycles. The number of carbonyl (C=O) groups excluding carboxylic acids is 1. The second-order valence-corrected chi connectivity index (χ2v) is 5.46. The van der Waals surface area contributed by atoms with Gasteiger partial charge in [0.1, 0.15) is 6.23 Å². The van der Waals surface area contributed by atoms with Gasteiger partial charge in [0.15, 0.2) is 0 Å². The van der Waals surface area contributed by atoms with Crippen molar-refractivity contribution in [1.82, 2.24) is 15.5 Å². The highest BCUT2D eigenvalue weighted by atomic mass is 16.3. The number of carbonyl (C=O) groups is 1. The van der Waals surface area contributed by atoms with Crippen LogP contribution >= 0.6 is 0 Å². The van der Waals surface area contributed by atoms with E-state index in [9.17, 15) is 9.90 Å². The van der Waals surface area contributed by atoms with Crippen LogP contribution in [0.3, 0.4) is 0 Å². The summed E-state index contributed by atoms with van der Waals surface area (Å²) in [6.07, 6.45) is 7.36. The third-order valence-electron chi connectivity index (χ3n) is 3.48. The molecule has 0 spiro atoms. The Morgan fingerprint density at radius 1 is 1.48 bits per heavy atom. The molecule has 0 saturated carbocycles. The Labute approximate surface area is 126 Å². The van der Waals surface area contributed by atoms with E-state index in [2.05, 4.69) is 17.2 Å². The Kier molecular flexibility index (Phi) is 6.24. The van der Waals surface area contributed by atoms with E-state index in [0.717, 1.165) is 17.0 Å². The number of rotatable bonds is 7. The van der Waals surface area contributed by atoms with Crippen LogP contribution in [-0.4, -0.2) is 42.8 Å². The molecule has 116 valence electrons. The third-order valence-corrected chi connectivity index (χ3v) is 3.48. The number of allylic oxidation sites excluding steroid dienone is 2. The quantitative estimate of drug-likeness (QED) is 0.374. The molecule has 21 heavy (non-hydrogen) atoms. The predicted octanol–water partition coefficient (Wildman–Crippen LogP) is 1.12. The number of hydrogen-bond acceptors (Lipinski definition) is 4. The summed E-state index contributed by atoms with van der Waals surface area (Å²) in [5.41, 5.74) is 2.72. The minimum atomic E-state index is -0.773. The Hall–Kier alpha value is -2.01. The molecule has 1 aliphatic rings. The van der Waals surface area contributed by atoms with Gasteiger partial charge in [0.2, 0.25) is 6.41 Å². The van der Waals surface area contributed by atoms with Gasteiger partial charge >= 0.3 is 0 Å². The van der Waals surface area contributed by atoms with Crippen molar-refractivity contribution >= 4 is 6.41 Å². The fraction of sp³-hybridized carbons (Fsp3) is 0.438. The van der Waals surface area contributed by atoms with Crippen LogP contribution in [0.25, 0.3) is 0 Å². The molecule has 5 nitrogen and oxygen atoms in total. The summed E-state index contributed by atoms with van der Waals surface area (Å²) in [5, 5.41) is 15.8. The molecule has 0 heterocycles. The van der Waals surface area contributed by atoms with Crippen LogP contribution in [0, 0.1) is 5.92 Å². The first-order valence-electron chi connectivity index (χ1n) is 6.90. The molecule has 0 fully saturated rings. The zero-order valence-electron chi connectivity index (χ0n) is 13.1. The van der Waals surface area contributed by atoms with E-state index >= 15 is 0 Å². The predicted molar refractivity (Wildman–Crippen MR) is 85.1 cm³/mol. The Morgan fingerprint density at radius 3 is 2.67 bits per heavy atom. The van der Waals surface area contributed by atoms with Gasteiger partial charge in [0.25, 0.3) is 0 Å². The normalized spacial score (nSPS) is 23.1. The minimum Gasteiger partial charge on any atom is -0.381 e. The van der Waals surface area contributed by atoms with Crippen LogP contribution in [0.1, 0.15) is 13.8 Å². The molecule has 3 unspecified atom stereocenters. The van der Waals surface area contributed by atoms with Gasteiger partial charge in [0, 0.05) is 31.4 Å². The van der Waals surface area contributed by atoms with Crippen molar-refractivity contribution in [3.63, 3.8) is 0 Å². The molecule has 0 aliphatic heterocycles. The lowest BCUT2D eigenvalue weighted by atomic mass is 9.88. The fourth-order valence-corrected chi connectivity index (χ4v) is 2.05. The average molecular weight is 291 g/mol. The monoisotopic (exact) mass is 291 g/mol. The van der Waals surface area contributed by atoms with E-state index in [1.807, 2.05) is 51.1 Å². The van der Waals surface area contributed by atoms with Crippen molar-refractivity contribution < 1.29 is 9.90 Å². The highest BCUT2D eigenvalue weighted by molar-refractivity contribution is 5.49. The molecule has 0 aromatic heterocycles. The standard InChI is InChI=1S/C16H25N3O2/c1-11(2)14-9-13(6-7-15(14)17-10-20)18-16(21)8-12(3)19(4)5/h6-10,14-16,18,21H,1H2,2-5H3,(H,17,20)/b12-8-. The van der Waals surface area contributed by atoms with Crippen LogP contribution in [0.4, 0.5) is 0 Å². The highest BCUT2D eigenvalue weighted by Gasteiger charge is 2.21. The zero-order valence-corrected chi connectivity index (χ0v) is 13.1. The summed E-state index contributed by atoms with van der Waals surface area (Å²) in [6.45, 7) is 7.80. The first-order chi connectivity index (χ1) is 9.85. The topological polar surface area (TPSA) is 64.6 Å². The number of aliphatic hydroxyl groups excluding tert-OH is 1. The molecule has 1 aliphatic carbocycles. The van der Waals surface area contributed by atoms with Gasteiger partial charge < -0.3 is 20.6 Å². The summed E-state index contributed by atoms with van der Waals surface area (Å²) in [6, 6.07) is -0.0956. The minimum absolute atomic E-state index is 0.00817. The summed E-state index contributed by atoms with van der Waals surface area (Å²) in [7, 11) is 3.84. The van der Waals surface area contributed by atoms with E-state index in [1.54, 1.807) is 6.08 Å². The van der Waals surface area contributed by atoms with Crippen LogP contribution in [0.15, 0.2) is 47.9 Å². The Morgan fingerprint density at radius 2 is 2.14 bits per heavy atom. The van der Waals surface area contributed by atoms with Crippen LogP contribution in [0.5, 0.6) is 0 Å². The summed E-state index contributed by atoms with van der Waals surface area (Å²) < 4.78 is 0. The van der Waals surface area contributed by atoms with E-state index in [1.165, 1.54) is 0 Å². The van der Waals surface area contributed by atoms with Gasteiger partial charge in [0.05, 0.1) is 6.04 Å². The van der Waals surface area contributed by atoms with E-state index in [4.69, 9.17) is 0 Å². The van der Waals surface area contributed by atoms with Crippen LogP contribution in [-0.2, 0) is 4.79 Å². The molecule has 1 rings (SSSR count). The molecule has 0 bridgehead atoms.